The Morgan fingerprint density at radius 2 is 1.95 bits per heavy atom. The third-order valence-electron chi connectivity index (χ3n) is 3.29. The van der Waals surface area contributed by atoms with E-state index < -0.39 is 4.92 Å². The maximum atomic E-state index is 10.6. The molecule has 0 spiro atoms. The minimum Gasteiger partial charge on any atom is -0.381 e. The number of fused-ring (bicyclic) bond motifs is 1. The van der Waals surface area contributed by atoms with Crippen molar-refractivity contribution in [1.29, 1.82) is 0 Å². The number of benzene rings is 2. The first-order valence-corrected chi connectivity index (χ1v) is 6.75. The van der Waals surface area contributed by atoms with Crippen molar-refractivity contribution in [2.24, 2.45) is 0 Å². The highest BCUT2D eigenvalue weighted by atomic mass is 35.5. The van der Waals surface area contributed by atoms with Crippen LogP contribution in [0.5, 0.6) is 0 Å². The Hall–Kier alpha value is -2.53. The zero-order chi connectivity index (χ0) is 14.8. The highest BCUT2D eigenvalue weighted by Gasteiger charge is 2.06. The fourth-order valence-electron chi connectivity index (χ4n) is 2.20. The van der Waals surface area contributed by atoms with Gasteiger partial charge in [0.05, 0.1) is 4.92 Å². The normalized spacial score (nSPS) is 10.7. The van der Waals surface area contributed by atoms with Gasteiger partial charge in [-0.15, -0.1) is 0 Å². The molecule has 0 amide bonds. The SMILES string of the molecule is O=[N+]([O-])c1ccc(NCc2c[nH]c3cc(Cl)ccc23)cc1. The Morgan fingerprint density at radius 3 is 2.67 bits per heavy atom. The molecule has 0 aliphatic heterocycles. The van der Waals surface area contributed by atoms with Crippen LogP contribution in [0.1, 0.15) is 5.56 Å². The van der Waals surface area contributed by atoms with Crippen molar-refractivity contribution >= 4 is 33.9 Å². The molecule has 2 aromatic carbocycles. The van der Waals surface area contributed by atoms with Crippen LogP contribution < -0.4 is 5.32 Å². The second-order valence-corrected chi connectivity index (χ2v) is 5.10. The van der Waals surface area contributed by atoms with Crippen LogP contribution in [0.15, 0.2) is 48.7 Å². The number of nitrogens with one attached hydrogen (secondary N) is 2. The predicted octanol–water partition coefficient (Wildman–Crippen LogP) is 4.34. The number of aromatic amines is 1. The summed E-state index contributed by atoms with van der Waals surface area (Å²) in [5, 5.41) is 15.6. The summed E-state index contributed by atoms with van der Waals surface area (Å²) in [6.07, 6.45) is 1.93. The van der Waals surface area contributed by atoms with Crippen LogP contribution in [-0.4, -0.2) is 9.91 Å². The lowest BCUT2D eigenvalue weighted by Gasteiger charge is -2.05. The van der Waals surface area contributed by atoms with Gasteiger partial charge in [0, 0.05) is 46.5 Å². The molecule has 1 heterocycles. The monoisotopic (exact) mass is 301 g/mol. The van der Waals surface area contributed by atoms with E-state index in [1.807, 2.05) is 24.4 Å². The first-order chi connectivity index (χ1) is 10.1. The number of nitro groups is 1. The second kappa shape index (κ2) is 5.46. The van der Waals surface area contributed by atoms with Gasteiger partial charge in [-0.05, 0) is 29.8 Å². The average Bonchev–Trinajstić information content (AvgIpc) is 2.87. The molecule has 6 heteroatoms. The molecule has 5 nitrogen and oxygen atoms in total. The highest BCUT2D eigenvalue weighted by Crippen LogP contribution is 2.23. The number of aromatic nitrogens is 1. The fraction of sp³-hybridized carbons (Fsp3) is 0.0667. The molecule has 0 bridgehead atoms. The Bertz CT molecular complexity index is 796. The Labute approximate surface area is 125 Å². The molecule has 0 aliphatic carbocycles. The first-order valence-electron chi connectivity index (χ1n) is 6.37. The van der Waals surface area contributed by atoms with Crippen molar-refractivity contribution in [2.75, 3.05) is 5.32 Å². The van der Waals surface area contributed by atoms with E-state index >= 15 is 0 Å². The van der Waals surface area contributed by atoms with Gasteiger partial charge in [0.2, 0.25) is 0 Å². The Morgan fingerprint density at radius 1 is 1.19 bits per heavy atom. The maximum absolute atomic E-state index is 10.6. The zero-order valence-electron chi connectivity index (χ0n) is 11.0. The lowest BCUT2D eigenvalue weighted by Crippen LogP contribution is -1.98. The highest BCUT2D eigenvalue weighted by molar-refractivity contribution is 6.31. The number of hydrogen-bond donors (Lipinski definition) is 2. The van der Waals surface area contributed by atoms with Gasteiger partial charge in [-0.2, -0.15) is 0 Å². The molecule has 21 heavy (non-hydrogen) atoms. The molecule has 0 saturated carbocycles. The smallest absolute Gasteiger partial charge is 0.269 e. The number of halogens is 1. The molecule has 0 atom stereocenters. The van der Waals surface area contributed by atoms with E-state index in [0.29, 0.717) is 11.6 Å². The van der Waals surface area contributed by atoms with E-state index in [1.165, 1.54) is 12.1 Å². The lowest BCUT2D eigenvalue weighted by molar-refractivity contribution is -0.384. The van der Waals surface area contributed by atoms with Gasteiger partial charge in [-0.3, -0.25) is 10.1 Å². The standard InChI is InChI=1S/C15H12ClN3O2/c16-11-1-6-14-10(9-18-15(14)7-11)8-17-12-2-4-13(5-3-12)19(20)21/h1-7,9,17-18H,8H2. The third-order valence-corrected chi connectivity index (χ3v) is 3.53. The molecule has 1 aromatic heterocycles. The molecule has 106 valence electrons. The van der Waals surface area contributed by atoms with Gasteiger partial charge in [-0.1, -0.05) is 17.7 Å². The topological polar surface area (TPSA) is 71.0 Å². The number of nitrogens with zero attached hydrogens (tertiary/aromatic N) is 1. The molecule has 0 saturated heterocycles. The second-order valence-electron chi connectivity index (χ2n) is 4.66. The van der Waals surface area contributed by atoms with Gasteiger partial charge in [0.25, 0.3) is 5.69 Å². The van der Waals surface area contributed by atoms with E-state index in [4.69, 9.17) is 11.6 Å². The van der Waals surface area contributed by atoms with Crippen molar-refractivity contribution in [3.63, 3.8) is 0 Å². The van der Waals surface area contributed by atoms with E-state index in [1.54, 1.807) is 12.1 Å². The molecule has 3 rings (SSSR count). The van der Waals surface area contributed by atoms with Crippen LogP contribution in [0.4, 0.5) is 11.4 Å². The van der Waals surface area contributed by atoms with Gasteiger partial charge in [-0.25, -0.2) is 0 Å². The van der Waals surface area contributed by atoms with Crippen molar-refractivity contribution in [3.8, 4) is 0 Å². The lowest BCUT2D eigenvalue weighted by atomic mass is 10.1. The van der Waals surface area contributed by atoms with Crippen molar-refractivity contribution < 1.29 is 4.92 Å². The summed E-state index contributed by atoms with van der Waals surface area (Å²) in [6, 6.07) is 12.1. The van der Waals surface area contributed by atoms with Crippen LogP contribution >= 0.6 is 11.6 Å². The van der Waals surface area contributed by atoms with E-state index in [2.05, 4.69) is 10.3 Å². The quantitative estimate of drug-likeness (QED) is 0.556. The van der Waals surface area contributed by atoms with E-state index in [9.17, 15) is 10.1 Å². The minimum absolute atomic E-state index is 0.0855. The van der Waals surface area contributed by atoms with Crippen LogP contribution in [0.3, 0.4) is 0 Å². The van der Waals surface area contributed by atoms with E-state index in [-0.39, 0.29) is 5.69 Å². The molecular formula is C15H12ClN3O2. The van der Waals surface area contributed by atoms with Crippen molar-refractivity contribution in [3.05, 3.63) is 69.4 Å². The molecule has 0 fully saturated rings. The van der Waals surface area contributed by atoms with Gasteiger partial charge < -0.3 is 10.3 Å². The van der Waals surface area contributed by atoms with Crippen molar-refractivity contribution in [1.82, 2.24) is 4.98 Å². The van der Waals surface area contributed by atoms with Crippen LogP contribution in [0.2, 0.25) is 5.02 Å². The van der Waals surface area contributed by atoms with Crippen LogP contribution in [0.25, 0.3) is 10.9 Å². The van der Waals surface area contributed by atoms with Gasteiger partial charge >= 0.3 is 0 Å². The number of hydrogen-bond acceptors (Lipinski definition) is 3. The van der Waals surface area contributed by atoms with Crippen LogP contribution in [-0.2, 0) is 6.54 Å². The Kier molecular flexibility index (Phi) is 3.50. The zero-order valence-corrected chi connectivity index (χ0v) is 11.7. The first kappa shape index (κ1) is 13.5. The number of nitro benzene ring substituents is 1. The Balaban J connectivity index is 1.75. The molecule has 0 radical (unpaired) electrons. The number of anilines is 1. The average molecular weight is 302 g/mol. The minimum atomic E-state index is -0.410. The summed E-state index contributed by atoms with van der Waals surface area (Å²) in [5.41, 5.74) is 3.02. The summed E-state index contributed by atoms with van der Waals surface area (Å²) in [5.74, 6) is 0. The summed E-state index contributed by atoms with van der Waals surface area (Å²) in [6.45, 7) is 0.624. The summed E-state index contributed by atoms with van der Waals surface area (Å²) < 4.78 is 0. The maximum Gasteiger partial charge on any atom is 0.269 e. The fourth-order valence-corrected chi connectivity index (χ4v) is 2.38. The largest absolute Gasteiger partial charge is 0.381 e. The molecular weight excluding hydrogens is 290 g/mol. The van der Waals surface area contributed by atoms with Crippen molar-refractivity contribution in [2.45, 2.75) is 6.54 Å². The van der Waals surface area contributed by atoms with Gasteiger partial charge in [0.15, 0.2) is 0 Å². The van der Waals surface area contributed by atoms with Gasteiger partial charge in [0.1, 0.15) is 0 Å². The molecule has 0 aliphatic rings. The van der Waals surface area contributed by atoms with Crippen LogP contribution in [0, 0.1) is 10.1 Å². The summed E-state index contributed by atoms with van der Waals surface area (Å²) >= 11 is 5.95. The molecule has 3 aromatic rings. The van der Waals surface area contributed by atoms with E-state index in [0.717, 1.165) is 22.2 Å². The number of H-pyrrole nitrogens is 1. The number of rotatable bonds is 4. The molecule has 0 unspecified atom stereocenters. The third kappa shape index (κ3) is 2.83. The summed E-state index contributed by atoms with van der Waals surface area (Å²) in [4.78, 5) is 13.4. The predicted molar refractivity (Wildman–Crippen MR) is 83.7 cm³/mol. The molecule has 2 N–H and O–H groups in total. The summed E-state index contributed by atoms with van der Waals surface area (Å²) in [7, 11) is 0. The number of non-ortho nitro benzene ring substituents is 1.